The first-order valence-electron chi connectivity index (χ1n) is 10.5. The number of benzene rings is 3. The van der Waals surface area contributed by atoms with Crippen LogP contribution in [0.4, 0.5) is 5.69 Å². The third-order valence-corrected chi connectivity index (χ3v) is 5.48. The van der Waals surface area contributed by atoms with E-state index in [-0.39, 0.29) is 0 Å². The largest absolute Gasteiger partial charge is 0.495 e. The summed E-state index contributed by atoms with van der Waals surface area (Å²) in [4.78, 5) is 9.90. The molecule has 0 saturated heterocycles. The summed E-state index contributed by atoms with van der Waals surface area (Å²) in [5, 5.41) is 14.9. The molecule has 0 aliphatic carbocycles. The number of anilines is 1. The van der Waals surface area contributed by atoms with E-state index in [1.807, 2.05) is 53.4 Å². The monoisotopic (exact) mass is 424 g/mol. The van der Waals surface area contributed by atoms with Crippen LogP contribution in [-0.2, 0) is 11.3 Å². The summed E-state index contributed by atoms with van der Waals surface area (Å²) in [5.41, 5.74) is 5.21. The van der Waals surface area contributed by atoms with Crippen molar-refractivity contribution in [3.8, 4) is 11.3 Å². The SMILES string of the molecule is COC1=CN(Cc2ccccc2)C(Nc2cccc3[nH]c(-c4ccccc4)cc23)=NC1O. The Morgan fingerprint density at radius 3 is 2.50 bits per heavy atom. The van der Waals surface area contributed by atoms with E-state index in [9.17, 15) is 5.11 Å². The molecule has 1 unspecified atom stereocenters. The van der Waals surface area contributed by atoms with Crippen molar-refractivity contribution in [3.63, 3.8) is 0 Å². The first-order valence-corrected chi connectivity index (χ1v) is 10.5. The van der Waals surface area contributed by atoms with Crippen molar-refractivity contribution >= 4 is 22.5 Å². The number of H-pyrrole nitrogens is 1. The Bertz CT molecular complexity index is 1280. The molecule has 1 aliphatic rings. The van der Waals surface area contributed by atoms with Crippen molar-refractivity contribution in [1.82, 2.24) is 9.88 Å². The maximum absolute atomic E-state index is 10.4. The summed E-state index contributed by atoms with van der Waals surface area (Å²) in [6.07, 6.45) is 0.736. The lowest BCUT2D eigenvalue weighted by Gasteiger charge is -2.29. The number of nitrogens with zero attached hydrogens (tertiary/aromatic N) is 2. The van der Waals surface area contributed by atoms with Crippen molar-refractivity contribution in [1.29, 1.82) is 0 Å². The van der Waals surface area contributed by atoms with Crippen LogP contribution in [0, 0.1) is 0 Å². The first-order chi connectivity index (χ1) is 15.7. The Kier molecular flexibility index (Phi) is 5.35. The smallest absolute Gasteiger partial charge is 0.208 e. The minimum atomic E-state index is -1.06. The molecular formula is C26H24N4O2. The van der Waals surface area contributed by atoms with Gasteiger partial charge in [0.2, 0.25) is 12.2 Å². The van der Waals surface area contributed by atoms with Gasteiger partial charge in [-0.1, -0.05) is 66.7 Å². The minimum absolute atomic E-state index is 0.401. The third-order valence-electron chi connectivity index (χ3n) is 5.48. The van der Waals surface area contributed by atoms with Crippen molar-refractivity contribution in [2.45, 2.75) is 12.8 Å². The van der Waals surface area contributed by atoms with Gasteiger partial charge in [-0.2, -0.15) is 0 Å². The molecule has 5 rings (SSSR count). The summed E-state index contributed by atoms with van der Waals surface area (Å²) in [6, 6.07) is 28.5. The zero-order valence-electron chi connectivity index (χ0n) is 17.7. The van der Waals surface area contributed by atoms with E-state index in [0.717, 1.165) is 33.4 Å². The predicted molar refractivity (Wildman–Crippen MR) is 128 cm³/mol. The molecule has 0 saturated carbocycles. The second-order valence-electron chi connectivity index (χ2n) is 7.62. The third kappa shape index (κ3) is 3.96. The lowest BCUT2D eigenvalue weighted by Crippen LogP contribution is -2.37. The molecule has 3 N–H and O–H groups in total. The number of hydrogen-bond donors (Lipinski definition) is 3. The zero-order valence-corrected chi connectivity index (χ0v) is 17.7. The Balaban J connectivity index is 1.49. The quantitative estimate of drug-likeness (QED) is 0.425. The van der Waals surface area contributed by atoms with E-state index in [0.29, 0.717) is 18.3 Å². The van der Waals surface area contributed by atoms with Crippen LogP contribution < -0.4 is 5.32 Å². The molecule has 1 aliphatic heterocycles. The molecular weight excluding hydrogens is 400 g/mol. The van der Waals surface area contributed by atoms with Gasteiger partial charge in [0.15, 0.2) is 5.76 Å². The molecule has 160 valence electrons. The minimum Gasteiger partial charge on any atom is -0.495 e. The second kappa shape index (κ2) is 8.61. The molecule has 32 heavy (non-hydrogen) atoms. The van der Waals surface area contributed by atoms with Crippen LogP contribution in [-0.4, -0.2) is 34.3 Å². The number of ether oxygens (including phenoxy) is 1. The van der Waals surface area contributed by atoms with Gasteiger partial charge in [-0.15, -0.1) is 0 Å². The molecule has 4 aromatic rings. The Hall–Kier alpha value is -4.03. The standard InChI is InChI=1S/C26H24N4O2/c1-32-24-17-30(16-18-9-4-2-5-10-18)26(29-25(24)31)28-22-14-8-13-21-20(22)15-23(27-21)19-11-6-3-7-12-19/h2-15,17,25,27,31H,16H2,1H3,(H,28,29). The highest BCUT2D eigenvalue weighted by molar-refractivity contribution is 6.04. The molecule has 1 atom stereocenters. The topological polar surface area (TPSA) is 72.9 Å². The number of methoxy groups -OCH3 is 1. The number of aliphatic imine (C=N–C) groups is 1. The molecule has 0 spiro atoms. The molecule has 0 radical (unpaired) electrons. The highest BCUT2D eigenvalue weighted by Gasteiger charge is 2.23. The van der Waals surface area contributed by atoms with Crippen molar-refractivity contribution in [2.24, 2.45) is 4.99 Å². The van der Waals surface area contributed by atoms with Gasteiger partial charge in [-0.05, 0) is 29.3 Å². The molecule has 1 aromatic heterocycles. The van der Waals surface area contributed by atoms with Crippen LogP contribution in [0.1, 0.15) is 5.56 Å². The number of guanidine groups is 1. The number of nitrogens with one attached hydrogen (secondary N) is 2. The lowest BCUT2D eigenvalue weighted by atomic mass is 10.1. The maximum atomic E-state index is 10.4. The Morgan fingerprint density at radius 1 is 1.00 bits per heavy atom. The number of hydrogen-bond acceptors (Lipinski definition) is 5. The number of aliphatic hydroxyl groups is 1. The summed E-state index contributed by atoms with van der Waals surface area (Å²) in [6.45, 7) is 0.588. The molecule has 0 bridgehead atoms. The number of aliphatic hydroxyl groups excluding tert-OH is 1. The fourth-order valence-electron chi connectivity index (χ4n) is 3.86. The summed E-state index contributed by atoms with van der Waals surface area (Å²) < 4.78 is 5.32. The van der Waals surface area contributed by atoms with Gasteiger partial charge in [-0.25, -0.2) is 4.99 Å². The van der Waals surface area contributed by atoms with Gasteiger partial charge in [0, 0.05) is 22.8 Å². The van der Waals surface area contributed by atoms with Gasteiger partial charge < -0.3 is 25.0 Å². The van der Waals surface area contributed by atoms with E-state index in [2.05, 4.69) is 51.7 Å². The highest BCUT2D eigenvalue weighted by Crippen LogP contribution is 2.30. The fraction of sp³-hybridized carbons (Fsp3) is 0.115. The molecule has 3 aromatic carbocycles. The van der Waals surface area contributed by atoms with Crippen LogP contribution in [0.5, 0.6) is 0 Å². The molecule has 0 fully saturated rings. The van der Waals surface area contributed by atoms with E-state index < -0.39 is 6.23 Å². The number of aromatic nitrogens is 1. The fourth-order valence-corrected chi connectivity index (χ4v) is 3.86. The molecule has 6 heteroatoms. The Labute approximate surface area is 186 Å². The number of fused-ring (bicyclic) bond motifs is 1. The van der Waals surface area contributed by atoms with Crippen molar-refractivity contribution in [2.75, 3.05) is 12.4 Å². The van der Waals surface area contributed by atoms with E-state index in [1.54, 1.807) is 6.20 Å². The van der Waals surface area contributed by atoms with Crippen LogP contribution in [0.3, 0.4) is 0 Å². The van der Waals surface area contributed by atoms with Gasteiger partial charge in [0.25, 0.3) is 0 Å². The first kappa shape index (κ1) is 19.9. The summed E-state index contributed by atoms with van der Waals surface area (Å²) in [7, 11) is 1.54. The van der Waals surface area contributed by atoms with Crippen molar-refractivity contribution < 1.29 is 9.84 Å². The van der Waals surface area contributed by atoms with Gasteiger partial charge in [0.05, 0.1) is 19.3 Å². The number of rotatable bonds is 5. The van der Waals surface area contributed by atoms with E-state index in [1.165, 1.54) is 7.11 Å². The zero-order chi connectivity index (χ0) is 21.9. The number of aromatic amines is 1. The van der Waals surface area contributed by atoms with Gasteiger partial charge in [-0.3, -0.25) is 0 Å². The normalized spacial score (nSPS) is 15.9. The molecule has 0 amide bonds. The van der Waals surface area contributed by atoms with E-state index in [4.69, 9.17) is 4.74 Å². The highest BCUT2D eigenvalue weighted by atomic mass is 16.5. The second-order valence-corrected chi connectivity index (χ2v) is 7.62. The predicted octanol–water partition coefficient (Wildman–Crippen LogP) is 4.92. The average molecular weight is 425 g/mol. The molecule has 6 nitrogen and oxygen atoms in total. The van der Waals surface area contributed by atoms with E-state index >= 15 is 0 Å². The summed E-state index contributed by atoms with van der Waals surface area (Å²) >= 11 is 0. The van der Waals surface area contributed by atoms with Crippen LogP contribution >= 0.6 is 0 Å². The van der Waals surface area contributed by atoms with Crippen LogP contribution in [0.25, 0.3) is 22.2 Å². The van der Waals surface area contributed by atoms with Crippen molar-refractivity contribution in [3.05, 3.63) is 102 Å². The summed E-state index contributed by atoms with van der Waals surface area (Å²) in [5.74, 6) is 0.954. The van der Waals surface area contributed by atoms with Crippen LogP contribution in [0.2, 0.25) is 0 Å². The Morgan fingerprint density at radius 2 is 1.75 bits per heavy atom. The van der Waals surface area contributed by atoms with Crippen LogP contribution in [0.15, 0.2) is 102 Å². The maximum Gasteiger partial charge on any atom is 0.208 e. The molecule has 2 heterocycles. The lowest BCUT2D eigenvalue weighted by molar-refractivity contribution is 0.124. The van der Waals surface area contributed by atoms with Gasteiger partial charge >= 0.3 is 0 Å². The van der Waals surface area contributed by atoms with Gasteiger partial charge in [0.1, 0.15) is 0 Å². The average Bonchev–Trinajstić information content (AvgIpc) is 3.27.